The van der Waals surface area contributed by atoms with Crippen molar-refractivity contribution in [3.63, 3.8) is 0 Å². The van der Waals surface area contributed by atoms with Crippen LogP contribution in [0, 0.1) is 0 Å². The Hall–Kier alpha value is -1.39. The van der Waals surface area contributed by atoms with Crippen LogP contribution >= 0.6 is 0 Å². The van der Waals surface area contributed by atoms with Crippen LogP contribution in [0.1, 0.15) is 24.4 Å². The first-order valence-electron chi connectivity index (χ1n) is 5.85. The molecule has 0 spiro atoms. The summed E-state index contributed by atoms with van der Waals surface area (Å²) < 4.78 is 0. The summed E-state index contributed by atoms with van der Waals surface area (Å²) >= 11 is 0. The maximum absolute atomic E-state index is 11.8. The van der Waals surface area contributed by atoms with E-state index in [1.54, 1.807) is 4.90 Å². The first-order valence-corrected chi connectivity index (χ1v) is 5.85. The van der Waals surface area contributed by atoms with Crippen LogP contribution in [0.5, 0.6) is 0 Å². The Morgan fingerprint density at radius 3 is 2.59 bits per heavy atom. The Kier molecular flexibility index (Phi) is 3.76. The highest BCUT2D eigenvalue weighted by Crippen LogP contribution is 2.28. The van der Waals surface area contributed by atoms with Gasteiger partial charge in [-0.3, -0.25) is 4.79 Å². The summed E-state index contributed by atoms with van der Waals surface area (Å²) in [4.78, 5) is 13.4. The summed E-state index contributed by atoms with van der Waals surface area (Å²) in [5.41, 5.74) is 1.00. The fraction of sp³-hybridized carbons (Fsp3) is 0.462. The molecule has 0 aromatic heterocycles. The number of carbonyl (C=O) groups is 1. The number of β-amino-alcohol motifs (C(OH)–C–C–N with tert-alkyl or cyclic N) is 1. The van der Waals surface area contributed by atoms with Crippen LogP contribution in [0.25, 0.3) is 0 Å². The first kappa shape index (κ1) is 12.1. The van der Waals surface area contributed by atoms with Crippen LogP contribution < -0.4 is 0 Å². The molecule has 4 heteroatoms. The number of likely N-dealkylation sites (tertiary alicyclic amines) is 1. The zero-order valence-corrected chi connectivity index (χ0v) is 9.62. The van der Waals surface area contributed by atoms with E-state index in [1.165, 1.54) is 0 Å². The normalized spacial score (nSPS) is 21.9. The van der Waals surface area contributed by atoms with Gasteiger partial charge in [0, 0.05) is 13.2 Å². The van der Waals surface area contributed by atoms with Gasteiger partial charge >= 0.3 is 0 Å². The molecular weight excluding hydrogens is 218 g/mol. The van der Waals surface area contributed by atoms with Crippen molar-refractivity contribution in [3.8, 4) is 0 Å². The second-order valence-corrected chi connectivity index (χ2v) is 4.34. The van der Waals surface area contributed by atoms with Gasteiger partial charge in [0.25, 0.3) is 0 Å². The molecule has 2 atom stereocenters. The van der Waals surface area contributed by atoms with Gasteiger partial charge in [0.2, 0.25) is 5.91 Å². The quantitative estimate of drug-likeness (QED) is 0.807. The molecule has 2 unspecified atom stereocenters. The van der Waals surface area contributed by atoms with E-state index in [0.717, 1.165) is 5.56 Å². The standard InChI is InChI=1S/C13H17NO3/c15-7-6-12(10-4-2-1-3-5-10)14-9-11(16)8-13(14)17/h1-5,11-12,15-16H,6-9H2. The monoisotopic (exact) mass is 235 g/mol. The Bertz CT molecular complexity index is 380. The van der Waals surface area contributed by atoms with E-state index < -0.39 is 6.10 Å². The summed E-state index contributed by atoms with van der Waals surface area (Å²) in [7, 11) is 0. The van der Waals surface area contributed by atoms with E-state index in [2.05, 4.69) is 0 Å². The Labute approximate surface area is 100 Å². The Morgan fingerprint density at radius 2 is 2.06 bits per heavy atom. The van der Waals surface area contributed by atoms with Crippen molar-refractivity contribution in [2.75, 3.05) is 13.2 Å². The Balaban J connectivity index is 2.21. The van der Waals surface area contributed by atoms with Crippen LogP contribution in [0.3, 0.4) is 0 Å². The minimum absolute atomic E-state index is 0.0272. The number of carbonyl (C=O) groups excluding carboxylic acids is 1. The first-order chi connectivity index (χ1) is 8.22. The lowest BCUT2D eigenvalue weighted by Crippen LogP contribution is -2.31. The van der Waals surface area contributed by atoms with Gasteiger partial charge in [-0.1, -0.05) is 30.3 Å². The summed E-state index contributed by atoms with van der Waals surface area (Å²) in [6.45, 7) is 0.387. The number of amides is 1. The minimum atomic E-state index is -0.576. The third-order valence-corrected chi connectivity index (χ3v) is 3.10. The predicted molar refractivity (Wildman–Crippen MR) is 63.2 cm³/mol. The van der Waals surface area contributed by atoms with Crippen molar-refractivity contribution in [3.05, 3.63) is 35.9 Å². The highest BCUT2D eigenvalue weighted by atomic mass is 16.3. The number of nitrogens with zero attached hydrogens (tertiary/aromatic N) is 1. The molecule has 2 N–H and O–H groups in total. The highest BCUT2D eigenvalue weighted by molar-refractivity contribution is 5.79. The van der Waals surface area contributed by atoms with Gasteiger partial charge < -0.3 is 15.1 Å². The fourth-order valence-corrected chi connectivity index (χ4v) is 2.31. The van der Waals surface area contributed by atoms with Crippen LogP contribution in [0.2, 0.25) is 0 Å². The average molecular weight is 235 g/mol. The van der Waals surface area contributed by atoms with Crippen molar-refractivity contribution < 1.29 is 15.0 Å². The van der Waals surface area contributed by atoms with Crippen LogP contribution in [0.15, 0.2) is 30.3 Å². The van der Waals surface area contributed by atoms with Crippen LogP contribution in [-0.4, -0.2) is 40.3 Å². The van der Waals surface area contributed by atoms with Crippen molar-refractivity contribution >= 4 is 5.91 Å². The van der Waals surface area contributed by atoms with Gasteiger partial charge in [-0.15, -0.1) is 0 Å². The molecule has 1 saturated heterocycles. The number of aliphatic hydroxyl groups excluding tert-OH is 2. The topological polar surface area (TPSA) is 60.8 Å². The van der Waals surface area contributed by atoms with E-state index in [4.69, 9.17) is 5.11 Å². The molecule has 1 aromatic carbocycles. The smallest absolute Gasteiger partial charge is 0.225 e. The van der Waals surface area contributed by atoms with Crippen LogP contribution in [-0.2, 0) is 4.79 Å². The average Bonchev–Trinajstić information content (AvgIpc) is 2.66. The Morgan fingerprint density at radius 1 is 1.35 bits per heavy atom. The largest absolute Gasteiger partial charge is 0.396 e. The second kappa shape index (κ2) is 5.29. The molecule has 0 bridgehead atoms. The molecule has 1 amide bonds. The molecule has 17 heavy (non-hydrogen) atoms. The maximum atomic E-state index is 11.8. The van der Waals surface area contributed by atoms with Gasteiger partial charge in [-0.25, -0.2) is 0 Å². The maximum Gasteiger partial charge on any atom is 0.225 e. The molecule has 92 valence electrons. The van der Waals surface area contributed by atoms with Crippen molar-refractivity contribution in [1.82, 2.24) is 4.90 Å². The molecule has 1 fully saturated rings. The minimum Gasteiger partial charge on any atom is -0.396 e. The lowest BCUT2D eigenvalue weighted by molar-refractivity contribution is -0.130. The van der Waals surface area contributed by atoms with Crippen LogP contribution in [0.4, 0.5) is 0 Å². The van der Waals surface area contributed by atoms with Gasteiger partial charge in [-0.2, -0.15) is 0 Å². The van der Waals surface area contributed by atoms with Gasteiger partial charge in [0.05, 0.1) is 18.6 Å². The van der Waals surface area contributed by atoms with E-state index in [-0.39, 0.29) is 25.0 Å². The van der Waals surface area contributed by atoms with Crippen molar-refractivity contribution in [2.24, 2.45) is 0 Å². The molecule has 0 aliphatic carbocycles. The molecule has 1 heterocycles. The molecule has 1 aliphatic rings. The zero-order chi connectivity index (χ0) is 12.3. The molecular formula is C13H17NO3. The van der Waals surface area contributed by atoms with E-state index in [0.29, 0.717) is 13.0 Å². The van der Waals surface area contributed by atoms with E-state index >= 15 is 0 Å². The van der Waals surface area contributed by atoms with Crippen molar-refractivity contribution in [1.29, 1.82) is 0 Å². The zero-order valence-electron chi connectivity index (χ0n) is 9.62. The molecule has 0 radical (unpaired) electrons. The van der Waals surface area contributed by atoms with Crippen molar-refractivity contribution in [2.45, 2.75) is 25.0 Å². The number of hydrogen-bond acceptors (Lipinski definition) is 3. The molecule has 0 saturated carbocycles. The molecule has 1 aromatic rings. The highest BCUT2D eigenvalue weighted by Gasteiger charge is 2.33. The summed E-state index contributed by atoms with van der Waals surface area (Å²) in [6, 6.07) is 9.50. The summed E-state index contributed by atoms with van der Waals surface area (Å²) in [5, 5.41) is 18.6. The third kappa shape index (κ3) is 2.65. The number of aliphatic hydroxyl groups is 2. The lowest BCUT2D eigenvalue weighted by atomic mass is 10.0. The molecule has 2 rings (SSSR count). The predicted octanol–water partition coefficient (Wildman–Crippen LogP) is 0.703. The second-order valence-electron chi connectivity index (χ2n) is 4.34. The molecule has 4 nitrogen and oxygen atoms in total. The number of benzene rings is 1. The lowest BCUT2D eigenvalue weighted by Gasteiger charge is -2.27. The fourth-order valence-electron chi connectivity index (χ4n) is 2.31. The third-order valence-electron chi connectivity index (χ3n) is 3.10. The summed E-state index contributed by atoms with van der Waals surface area (Å²) in [6.07, 6.45) is 0.115. The van der Waals surface area contributed by atoms with E-state index in [1.807, 2.05) is 30.3 Å². The number of hydrogen-bond donors (Lipinski definition) is 2. The van der Waals surface area contributed by atoms with Gasteiger partial charge in [-0.05, 0) is 12.0 Å². The van der Waals surface area contributed by atoms with Gasteiger partial charge in [0.15, 0.2) is 0 Å². The molecule has 1 aliphatic heterocycles. The number of rotatable bonds is 4. The summed E-state index contributed by atoms with van der Waals surface area (Å²) in [5.74, 6) is -0.0418. The van der Waals surface area contributed by atoms with Gasteiger partial charge in [0.1, 0.15) is 0 Å². The SMILES string of the molecule is O=C1CC(O)CN1C(CCO)c1ccccc1. The van der Waals surface area contributed by atoms with E-state index in [9.17, 15) is 9.90 Å².